The minimum atomic E-state index is 0.185. The third kappa shape index (κ3) is 3.66. The number of rotatable bonds is 7. The van der Waals surface area contributed by atoms with Crippen LogP contribution in [-0.2, 0) is 6.42 Å². The van der Waals surface area contributed by atoms with Crippen LogP contribution in [0.5, 0.6) is 0 Å². The van der Waals surface area contributed by atoms with E-state index >= 15 is 0 Å². The molecule has 160 valence electrons. The van der Waals surface area contributed by atoms with Gasteiger partial charge in [0.25, 0.3) is 0 Å². The van der Waals surface area contributed by atoms with Gasteiger partial charge in [0.15, 0.2) is 0 Å². The maximum Gasteiger partial charge on any atom is 0.0944 e. The van der Waals surface area contributed by atoms with Crippen molar-refractivity contribution in [3.05, 3.63) is 90.3 Å². The number of aromatic nitrogens is 1. The summed E-state index contributed by atoms with van der Waals surface area (Å²) in [6.45, 7) is 14.6. The van der Waals surface area contributed by atoms with Gasteiger partial charge in [-0.3, -0.25) is 4.90 Å². The molecule has 2 aliphatic rings. The lowest BCUT2D eigenvalue weighted by Gasteiger charge is -2.40. The largest absolute Gasteiger partial charge is 0.380 e. The summed E-state index contributed by atoms with van der Waals surface area (Å²) < 4.78 is 0. The maximum absolute atomic E-state index is 4.39. The van der Waals surface area contributed by atoms with Crippen molar-refractivity contribution in [2.24, 2.45) is 0 Å². The van der Waals surface area contributed by atoms with Gasteiger partial charge in [-0.05, 0) is 42.2 Å². The molecular formula is C27H32N4. The number of benzene rings is 2. The Morgan fingerprint density at radius 1 is 1.16 bits per heavy atom. The van der Waals surface area contributed by atoms with Crippen LogP contribution in [0, 0.1) is 0 Å². The number of anilines is 1. The van der Waals surface area contributed by atoms with E-state index in [9.17, 15) is 0 Å². The first-order valence-corrected chi connectivity index (χ1v) is 11.4. The van der Waals surface area contributed by atoms with E-state index in [4.69, 9.17) is 0 Å². The Labute approximate surface area is 185 Å². The van der Waals surface area contributed by atoms with Crippen molar-refractivity contribution in [3.63, 3.8) is 0 Å². The molecule has 1 fully saturated rings. The number of para-hydroxylation sites is 1. The van der Waals surface area contributed by atoms with Crippen molar-refractivity contribution in [2.75, 3.05) is 31.5 Å². The van der Waals surface area contributed by atoms with Crippen LogP contribution in [0.3, 0.4) is 0 Å². The molecule has 5 rings (SSSR count). The van der Waals surface area contributed by atoms with Gasteiger partial charge in [-0.25, -0.2) is 0 Å². The monoisotopic (exact) mass is 412 g/mol. The van der Waals surface area contributed by atoms with Crippen LogP contribution in [0.4, 0.5) is 5.69 Å². The van der Waals surface area contributed by atoms with Crippen LogP contribution in [-0.4, -0.2) is 47.0 Å². The predicted octanol–water partition coefficient (Wildman–Crippen LogP) is 5.32. The molecule has 0 spiro atoms. The molecule has 0 unspecified atom stereocenters. The van der Waals surface area contributed by atoms with E-state index in [1.165, 1.54) is 39.1 Å². The summed E-state index contributed by atoms with van der Waals surface area (Å²) in [5, 5.41) is 5.03. The molecule has 0 aliphatic carbocycles. The Morgan fingerprint density at radius 2 is 1.94 bits per heavy atom. The van der Waals surface area contributed by atoms with Gasteiger partial charge in [0, 0.05) is 54.2 Å². The highest BCUT2D eigenvalue weighted by atomic mass is 15.2. The van der Waals surface area contributed by atoms with Gasteiger partial charge in [-0.15, -0.1) is 6.58 Å². The first-order chi connectivity index (χ1) is 15.2. The molecule has 2 N–H and O–H groups in total. The highest BCUT2D eigenvalue weighted by Crippen LogP contribution is 2.40. The standard InChI is InChI=1S/C27H32N4/c1-4-15-30-17-22(18-30)28-21-12-10-20(11-13-21)27-26-24(14-16-31(27)19(3)5-2)23-8-6-7-9-25(23)29-26/h4,6-13,22,27-29H,1,3,5,14-18H2,2H3/t27-/m1/s1. The average Bonchev–Trinajstić information content (AvgIpc) is 3.16. The molecule has 4 heteroatoms. The van der Waals surface area contributed by atoms with E-state index in [-0.39, 0.29) is 6.04 Å². The van der Waals surface area contributed by atoms with Crippen molar-refractivity contribution < 1.29 is 0 Å². The van der Waals surface area contributed by atoms with E-state index in [0.717, 1.165) is 39.0 Å². The first kappa shape index (κ1) is 20.0. The van der Waals surface area contributed by atoms with Gasteiger partial charge < -0.3 is 15.2 Å². The molecule has 0 amide bonds. The van der Waals surface area contributed by atoms with E-state index in [0.29, 0.717) is 6.04 Å². The fraction of sp³-hybridized carbons (Fsp3) is 0.333. The van der Waals surface area contributed by atoms with Crippen molar-refractivity contribution in [1.82, 2.24) is 14.8 Å². The van der Waals surface area contributed by atoms with Crippen LogP contribution in [0.25, 0.3) is 10.9 Å². The summed E-state index contributed by atoms with van der Waals surface area (Å²) in [7, 11) is 0. The van der Waals surface area contributed by atoms with Crippen molar-refractivity contribution >= 4 is 16.6 Å². The molecule has 0 radical (unpaired) electrons. The van der Waals surface area contributed by atoms with Crippen LogP contribution in [0.2, 0.25) is 0 Å². The lowest BCUT2D eigenvalue weighted by Crippen LogP contribution is -2.54. The van der Waals surface area contributed by atoms with Gasteiger partial charge in [-0.1, -0.05) is 49.9 Å². The molecule has 0 bridgehead atoms. The predicted molar refractivity (Wildman–Crippen MR) is 130 cm³/mol. The van der Waals surface area contributed by atoms with Gasteiger partial charge in [0.1, 0.15) is 0 Å². The molecule has 4 nitrogen and oxygen atoms in total. The summed E-state index contributed by atoms with van der Waals surface area (Å²) in [6, 6.07) is 18.4. The third-order valence-electron chi connectivity index (χ3n) is 6.79. The fourth-order valence-electron chi connectivity index (χ4n) is 5.12. The summed E-state index contributed by atoms with van der Waals surface area (Å²) in [6.07, 6.45) is 4.00. The van der Waals surface area contributed by atoms with Gasteiger partial charge in [0.05, 0.1) is 12.1 Å². The normalized spacial score (nSPS) is 19.1. The number of hydrogen-bond donors (Lipinski definition) is 2. The summed E-state index contributed by atoms with van der Waals surface area (Å²) in [5.74, 6) is 0. The van der Waals surface area contributed by atoms with Crippen LogP contribution < -0.4 is 5.32 Å². The van der Waals surface area contributed by atoms with Crippen molar-refractivity contribution in [1.29, 1.82) is 0 Å². The number of allylic oxidation sites excluding steroid dienone is 1. The van der Waals surface area contributed by atoms with Crippen molar-refractivity contribution in [3.8, 4) is 0 Å². The van der Waals surface area contributed by atoms with E-state index in [2.05, 4.69) is 88.7 Å². The third-order valence-corrected chi connectivity index (χ3v) is 6.79. The topological polar surface area (TPSA) is 34.3 Å². The molecule has 1 atom stereocenters. The van der Waals surface area contributed by atoms with E-state index in [1.807, 2.05) is 6.08 Å². The second kappa shape index (κ2) is 8.27. The molecule has 3 aromatic rings. The zero-order chi connectivity index (χ0) is 21.4. The lowest BCUT2D eigenvalue weighted by molar-refractivity contribution is 0.181. The number of aromatic amines is 1. The van der Waals surface area contributed by atoms with Gasteiger partial charge in [0.2, 0.25) is 0 Å². The molecule has 1 saturated heterocycles. The van der Waals surface area contributed by atoms with Crippen molar-refractivity contribution in [2.45, 2.75) is 31.8 Å². The lowest BCUT2D eigenvalue weighted by atomic mass is 9.91. The van der Waals surface area contributed by atoms with Gasteiger partial charge >= 0.3 is 0 Å². The first-order valence-electron chi connectivity index (χ1n) is 11.4. The second-order valence-electron chi connectivity index (χ2n) is 8.80. The zero-order valence-corrected chi connectivity index (χ0v) is 18.4. The van der Waals surface area contributed by atoms with E-state index in [1.54, 1.807) is 0 Å². The SMILES string of the molecule is C=CCN1CC(Nc2ccc([C@@H]3c4[nH]c5ccccc5c4CCN3C(=C)CC)cc2)C1. The summed E-state index contributed by atoms with van der Waals surface area (Å²) in [5.41, 5.74) is 7.72. The smallest absolute Gasteiger partial charge is 0.0944 e. The molecule has 31 heavy (non-hydrogen) atoms. The second-order valence-corrected chi connectivity index (χ2v) is 8.80. The minimum Gasteiger partial charge on any atom is -0.380 e. The summed E-state index contributed by atoms with van der Waals surface area (Å²) >= 11 is 0. The number of nitrogens with zero attached hydrogens (tertiary/aromatic N) is 2. The molecule has 2 aromatic carbocycles. The highest BCUT2D eigenvalue weighted by molar-refractivity contribution is 5.85. The minimum absolute atomic E-state index is 0.185. The number of hydrogen-bond acceptors (Lipinski definition) is 3. The number of fused-ring (bicyclic) bond motifs is 3. The average molecular weight is 413 g/mol. The number of likely N-dealkylation sites (tertiary alicyclic amines) is 1. The molecule has 2 aliphatic heterocycles. The molecule has 0 saturated carbocycles. The fourth-order valence-corrected chi connectivity index (χ4v) is 5.12. The molecule has 3 heterocycles. The maximum atomic E-state index is 4.39. The zero-order valence-electron chi connectivity index (χ0n) is 18.4. The Hall–Kier alpha value is -2.98. The van der Waals surface area contributed by atoms with Gasteiger partial charge in [-0.2, -0.15) is 0 Å². The Bertz CT molecular complexity index is 1090. The quantitative estimate of drug-likeness (QED) is 0.515. The van der Waals surface area contributed by atoms with Crippen LogP contribution >= 0.6 is 0 Å². The Balaban J connectivity index is 1.43. The molecular weight excluding hydrogens is 380 g/mol. The van der Waals surface area contributed by atoms with Crippen LogP contribution in [0.15, 0.2) is 73.5 Å². The molecule has 1 aromatic heterocycles. The number of nitrogens with one attached hydrogen (secondary N) is 2. The highest BCUT2D eigenvalue weighted by Gasteiger charge is 2.32. The Morgan fingerprint density at radius 3 is 2.68 bits per heavy atom. The van der Waals surface area contributed by atoms with E-state index < -0.39 is 0 Å². The summed E-state index contributed by atoms with van der Waals surface area (Å²) in [4.78, 5) is 8.62. The Kier molecular flexibility index (Phi) is 5.33. The van der Waals surface area contributed by atoms with Crippen LogP contribution in [0.1, 0.15) is 36.2 Å². The number of H-pyrrole nitrogens is 1.